The zero-order valence-corrected chi connectivity index (χ0v) is 9.55. The lowest BCUT2D eigenvalue weighted by molar-refractivity contribution is 0.118. The molecular weight excluding hydrogens is 176 g/mol. The van der Waals surface area contributed by atoms with Crippen molar-refractivity contribution in [3.63, 3.8) is 0 Å². The average Bonchev–Trinajstić information content (AvgIpc) is 2.15. The molecule has 0 aliphatic carbocycles. The van der Waals surface area contributed by atoms with E-state index in [1.165, 1.54) is 6.42 Å². The second-order valence-corrected chi connectivity index (χ2v) is 3.85. The minimum Gasteiger partial charge on any atom is -0.379 e. The van der Waals surface area contributed by atoms with E-state index >= 15 is 0 Å². The summed E-state index contributed by atoms with van der Waals surface area (Å²) < 4.78 is 5.40. The van der Waals surface area contributed by atoms with Gasteiger partial charge in [0.05, 0.1) is 12.7 Å². The molecule has 0 aliphatic heterocycles. The highest BCUT2D eigenvalue weighted by Gasteiger charge is 2.04. The van der Waals surface area contributed by atoms with E-state index in [1.54, 1.807) is 0 Å². The molecule has 0 radical (unpaired) electrons. The number of rotatable bonds is 8. The first kappa shape index (κ1) is 13.4. The van der Waals surface area contributed by atoms with E-state index in [2.05, 4.69) is 25.2 Å². The number of nitrogens with one attached hydrogen (secondary N) is 1. The number of likely N-dealkylation sites (N-methyl/N-ethyl adjacent to an activating group) is 1. The molecule has 0 fully saturated rings. The van der Waals surface area contributed by atoms with Crippen LogP contribution < -0.4 is 5.32 Å². The normalized spacial score (nSPS) is 12.8. The van der Waals surface area contributed by atoms with Crippen molar-refractivity contribution in [3.8, 4) is 6.07 Å². The molecule has 0 aromatic rings. The van der Waals surface area contributed by atoms with Gasteiger partial charge >= 0.3 is 0 Å². The van der Waals surface area contributed by atoms with Crippen molar-refractivity contribution >= 4 is 0 Å². The number of hydrogen-bond acceptors (Lipinski definition) is 3. The van der Waals surface area contributed by atoms with Crippen LogP contribution in [0.4, 0.5) is 0 Å². The molecule has 1 unspecified atom stereocenters. The highest BCUT2D eigenvalue weighted by Crippen LogP contribution is 2.03. The maximum atomic E-state index is 8.71. The molecule has 82 valence electrons. The minimum atomic E-state index is -0.154. The summed E-state index contributed by atoms with van der Waals surface area (Å²) in [5, 5.41) is 11.8. The van der Waals surface area contributed by atoms with Gasteiger partial charge in [-0.05, 0) is 25.3 Å². The number of nitrogens with zero attached hydrogens (tertiary/aromatic N) is 1. The second kappa shape index (κ2) is 8.98. The summed E-state index contributed by atoms with van der Waals surface area (Å²) in [5.74, 6) is 0.735. The van der Waals surface area contributed by atoms with Gasteiger partial charge in [0.15, 0.2) is 0 Å². The molecule has 0 saturated heterocycles. The monoisotopic (exact) mass is 198 g/mol. The third-order valence-electron chi connectivity index (χ3n) is 1.96. The van der Waals surface area contributed by atoms with Crippen LogP contribution in [-0.2, 0) is 4.74 Å². The Labute approximate surface area is 87.4 Å². The summed E-state index contributed by atoms with van der Waals surface area (Å²) >= 11 is 0. The predicted molar refractivity (Wildman–Crippen MR) is 58.0 cm³/mol. The Balaban J connectivity index is 3.30. The Hall–Kier alpha value is -0.590. The minimum absolute atomic E-state index is 0.154. The van der Waals surface area contributed by atoms with E-state index in [1.807, 2.05) is 6.92 Å². The van der Waals surface area contributed by atoms with Gasteiger partial charge in [-0.3, -0.25) is 0 Å². The van der Waals surface area contributed by atoms with E-state index < -0.39 is 0 Å². The Bertz CT molecular complexity index is 163. The molecule has 0 aromatic carbocycles. The molecule has 0 heterocycles. The van der Waals surface area contributed by atoms with Crippen molar-refractivity contribution in [1.82, 2.24) is 5.32 Å². The fraction of sp³-hybridized carbons (Fsp3) is 0.909. The summed E-state index contributed by atoms with van der Waals surface area (Å²) in [5.41, 5.74) is 0. The van der Waals surface area contributed by atoms with Crippen molar-refractivity contribution in [1.29, 1.82) is 5.26 Å². The fourth-order valence-corrected chi connectivity index (χ4v) is 1.18. The smallest absolute Gasteiger partial charge is 0.119 e. The molecule has 0 amide bonds. The molecule has 0 bridgehead atoms. The first-order valence-corrected chi connectivity index (χ1v) is 5.41. The van der Waals surface area contributed by atoms with Gasteiger partial charge < -0.3 is 10.1 Å². The van der Waals surface area contributed by atoms with Crippen LogP contribution in [0.5, 0.6) is 0 Å². The topological polar surface area (TPSA) is 45.0 Å². The Morgan fingerprint density at radius 1 is 1.43 bits per heavy atom. The van der Waals surface area contributed by atoms with Crippen LogP contribution in [0.1, 0.15) is 33.6 Å². The van der Waals surface area contributed by atoms with Gasteiger partial charge in [-0.2, -0.15) is 5.26 Å². The molecule has 1 N–H and O–H groups in total. The lowest BCUT2D eigenvalue weighted by Gasteiger charge is -2.10. The largest absolute Gasteiger partial charge is 0.379 e. The first-order valence-electron chi connectivity index (χ1n) is 5.41. The Morgan fingerprint density at radius 3 is 2.64 bits per heavy atom. The molecule has 3 nitrogen and oxygen atoms in total. The van der Waals surface area contributed by atoms with Crippen LogP contribution in [0.3, 0.4) is 0 Å². The third-order valence-corrected chi connectivity index (χ3v) is 1.96. The zero-order chi connectivity index (χ0) is 10.8. The van der Waals surface area contributed by atoms with Crippen LogP contribution in [0.25, 0.3) is 0 Å². The fourth-order valence-electron chi connectivity index (χ4n) is 1.18. The van der Waals surface area contributed by atoms with E-state index in [4.69, 9.17) is 10.00 Å². The van der Waals surface area contributed by atoms with Crippen molar-refractivity contribution in [2.75, 3.05) is 19.8 Å². The second-order valence-electron chi connectivity index (χ2n) is 3.85. The van der Waals surface area contributed by atoms with Crippen LogP contribution in [0, 0.1) is 17.2 Å². The number of hydrogen-bond donors (Lipinski definition) is 1. The molecule has 1 atom stereocenters. The molecular formula is C11H22N2O. The van der Waals surface area contributed by atoms with Gasteiger partial charge in [0, 0.05) is 6.61 Å². The maximum Gasteiger partial charge on any atom is 0.119 e. The lowest BCUT2D eigenvalue weighted by Crippen LogP contribution is -2.31. The SMILES string of the molecule is CCNC(C#N)COCCCC(C)C. The molecule has 0 spiro atoms. The highest BCUT2D eigenvalue weighted by atomic mass is 16.5. The van der Waals surface area contributed by atoms with Crippen molar-refractivity contribution in [2.24, 2.45) is 5.92 Å². The summed E-state index contributed by atoms with van der Waals surface area (Å²) in [6.45, 7) is 8.48. The first-order chi connectivity index (χ1) is 6.70. The molecule has 3 heteroatoms. The summed E-state index contributed by atoms with van der Waals surface area (Å²) in [4.78, 5) is 0. The van der Waals surface area contributed by atoms with Crippen molar-refractivity contribution < 1.29 is 4.74 Å². The van der Waals surface area contributed by atoms with Gasteiger partial charge in [0.25, 0.3) is 0 Å². The molecule has 0 saturated carbocycles. The van der Waals surface area contributed by atoms with Crippen molar-refractivity contribution in [2.45, 2.75) is 39.7 Å². The Kier molecular flexibility index (Phi) is 8.61. The third kappa shape index (κ3) is 8.03. The van der Waals surface area contributed by atoms with Gasteiger partial charge in [0.1, 0.15) is 6.04 Å². The predicted octanol–water partition coefficient (Wildman–Crippen LogP) is 1.94. The van der Waals surface area contributed by atoms with E-state index in [-0.39, 0.29) is 6.04 Å². The molecule has 14 heavy (non-hydrogen) atoms. The standard InChI is InChI=1S/C11H22N2O/c1-4-13-11(8-12)9-14-7-5-6-10(2)3/h10-11,13H,4-7,9H2,1-3H3. The number of nitriles is 1. The quantitative estimate of drug-likeness (QED) is 0.606. The van der Waals surface area contributed by atoms with Crippen LogP contribution in [0.15, 0.2) is 0 Å². The summed E-state index contributed by atoms with van der Waals surface area (Å²) in [6.07, 6.45) is 2.28. The summed E-state index contributed by atoms with van der Waals surface area (Å²) in [7, 11) is 0. The van der Waals surface area contributed by atoms with Gasteiger partial charge in [0.2, 0.25) is 0 Å². The van der Waals surface area contributed by atoms with Crippen LogP contribution in [-0.4, -0.2) is 25.8 Å². The van der Waals surface area contributed by atoms with E-state index in [9.17, 15) is 0 Å². The number of ether oxygens (including phenoxy) is 1. The van der Waals surface area contributed by atoms with E-state index in [0.717, 1.165) is 25.5 Å². The summed E-state index contributed by atoms with van der Waals surface area (Å²) in [6, 6.07) is 2.01. The average molecular weight is 198 g/mol. The molecule has 0 rings (SSSR count). The molecule has 0 aromatic heterocycles. The Morgan fingerprint density at radius 2 is 2.14 bits per heavy atom. The molecule has 0 aliphatic rings. The van der Waals surface area contributed by atoms with Crippen LogP contribution >= 0.6 is 0 Å². The maximum absolute atomic E-state index is 8.71. The van der Waals surface area contributed by atoms with E-state index in [0.29, 0.717) is 6.61 Å². The lowest BCUT2D eigenvalue weighted by atomic mass is 10.1. The van der Waals surface area contributed by atoms with Gasteiger partial charge in [-0.15, -0.1) is 0 Å². The zero-order valence-electron chi connectivity index (χ0n) is 9.55. The van der Waals surface area contributed by atoms with Crippen LogP contribution in [0.2, 0.25) is 0 Å². The highest BCUT2D eigenvalue weighted by molar-refractivity contribution is 4.88. The van der Waals surface area contributed by atoms with Crippen molar-refractivity contribution in [3.05, 3.63) is 0 Å². The van der Waals surface area contributed by atoms with Gasteiger partial charge in [-0.25, -0.2) is 0 Å². The van der Waals surface area contributed by atoms with Gasteiger partial charge in [-0.1, -0.05) is 20.8 Å².